The third kappa shape index (κ3) is 3.82. The van der Waals surface area contributed by atoms with E-state index in [-0.39, 0.29) is 6.61 Å². The minimum Gasteiger partial charge on any atom is -0.490 e. The monoisotopic (exact) mass is 417 g/mol. The van der Waals surface area contributed by atoms with Crippen LogP contribution >= 0.6 is 0 Å². The maximum Gasteiger partial charge on any atom is 0.180 e. The third-order valence-electron chi connectivity index (χ3n) is 5.16. The molecule has 0 radical (unpaired) electrons. The highest BCUT2D eigenvalue weighted by molar-refractivity contribution is 5.75. The molecule has 1 aromatic carbocycles. The largest absolute Gasteiger partial charge is 0.490 e. The second kappa shape index (κ2) is 8.11. The summed E-state index contributed by atoms with van der Waals surface area (Å²) in [5.74, 6) is 2.25. The first-order valence-corrected chi connectivity index (χ1v) is 10.1. The van der Waals surface area contributed by atoms with Crippen LogP contribution < -0.4 is 20.3 Å². The van der Waals surface area contributed by atoms with Gasteiger partial charge in [0, 0.05) is 44.3 Å². The van der Waals surface area contributed by atoms with Crippen LogP contribution in [0.4, 0.5) is 23.0 Å². The molecule has 0 spiro atoms. The highest BCUT2D eigenvalue weighted by Gasteiger charge is 2.14. The Morgan fingerprint density at radius 3 is 3.03 bits per heavy atom. The summed E-state index contributed by atoms with van der Waals surface area (Å²) in [7, 11) is 1.89. The Hall–Kier alpha value is -3.85. The number of nitrogens with zero attached hydrogens (tertiary/aromatic N) is 5. The van der Waals surface area contributed by atoms with Crippen molar-refractivity contribution in [3.63, 3.8) is 0 Å². The Morgan fingerprint density at radius 2 is 2.19 bits per heavy atom. The zero-order valence-electron chi connectivity index (χ0n) is 17.1. The maximum atomic E-state index is 9.10. The van der Waals surface area contributed by atoms with Gasteiger partial charge in [-0.05, 0) is 24.3 Å². The number of imidazole rings is 1. The van der Waals surface area contributed by atoms with Gasteiger partial charge in [-0.25, -0.2) is 15.0 Å². The molecule has 3 N–H and O–H groups in total. The van der Waals surface area contributed by atoms with Crippen LogP contribution in [0.2, 0.25) is 0 Å². The molecule has 0 aliphatic carbocycles. The third-order valence-corrected chi connectivity index (χ3v) is 5.16. The zero-order valence-corrected chi connectivity index (χ0v) is 17.1. The fraction of sp³-hybridized carbons (Fsp3) is 0.227. The van der Waals surface area contributed by atoms with Gasteiger partial charge in [-0.2, -0.15) is 0 Å². The summed E-state index contributed by atoms with van der Waals surface area (Å²) in [6.07, 6.45) is 7.34. The second-order valence-corrected chi connectivity index (χ2v) is 7.29. The first-order chi connectivity index (χ1) is 15.2. The Kier molecular flexibility index (Phi) is 5.01. The molecule has 3 aromatic heterocycles. The van der Waals surface area contributed by atoms with Crippen LogP contribution in [0.25, 0.3) is 16.9 Å². The van der Waals surface area contributed by atoms with E-state index in [2.05, 4.69) is 20.6 Å². The molecule has 0 bridgehead atoms. The van der Waals surface area contributed by atoms with Crippen LogP contribution in [0.3, 0.4) is 0 Å². The summed E-state index contributed by atoms with van der Waals surface area (Å²) in [4.78, 5) is 15.6. The van der Waals surface area contributed by atoms with Crippen LogP contribution in [0.15, 0.2) is 55.1 Å². The van der Waals surface area contributed by atoms with E-state index in [4.69, 9.17) is 14.8 Å². The van der Waals surface area contributed by atoms with E-state index in [9.17, 15) is 0 Å². The predicted octanol–water partition coefficient (Wildman–Crippen LogP) is 2.77. The number of anilines is 4. The van der Waals surface area contributed by atoms with Crippen molar-refractivity contribution in [3.8, 4) is 17.0 Å². The van der Waals surface area contributed by atoms with Crippen LogP contribution in [-0.4, -0.2) is 57.8 Å². The molecule has 4 aromatic rings. The molecule has 0 saturated heterocycles. The minimum absolute atomic E-state index is 0.0799. The summed E-state index contributed by atoms with van der Waals surface area (Å²) in [5, 5.41) is 15.8. The van der Waals surface area contributed by atoms with E-state index in [0.29, 0.717) is 19.0 Å². The minimum atomic E-state index is 0.0799. The SMILES string of the molecule is CN(CCO)c1ccc(Nc2nc(-c3ccc4c(c3)OCCN4)cn3ccnc23)cn1. The maximum absolute atomic E-state index is 9.10. The van der Waals surface area contributed by atoms with Crippen LogP contribution in [0.1, 0.15) is 0 Å². The number of likely N-dealkylation sites (N-methyl/N-ethyl adjacent to an activating group) is 1. The molecular weight excluding hydrogens is 394 g/mol. The Labute approximate surface area is 179 Å². The van der Waals surface area contributed by atoms with E-state index in [1.807, 2.05) is 59.1 Å². The van der Waals surface area contributed by atoms with Gasteiger partial charge in [0.05, 0.1) is 29.9 Å². The molecule has 4 heterocycles. The number of ether oxygens (including phenoxy) is 1. The number of hydrogen-bond donors (Lipinski definition) is 3. The molecule has 0 saturated carbocycles. The van der Waals surface area contributed by atoms with Crippen molar-refractivity contribution >= 4 is 28.7 Å². The molecule has 9 heteroatoms. The van der Waals surface area contributed by atoms with E-state index in [1.165, 1.54) is 0 Å². The van der Waals surface area contributed by atoms with Crippen LogP contribution in [0.5, 0.6) is 5.75 Å². The van der Waals surface area contributed by atoms with Crippen molar-refractivity contribution in [1.29, 1.82) is 0 Å². The molecule has 158 valence electrons. The first-order valence-electron chi connectivity index (χ1n) is 10.1. The van der Waals surface area contributed by atoms with Gasteiger partial charge in [0.1, 0.15) is 18.2 Å². The van der Waals surface area contributed by atoms with Crippen molar-refractivity contribution in [3.05, 3.63) is 55.1 Å². The molecule has 1 aliphatic heterocycles. The number of benzene rings is 1. The van der Waals surface area contributed by atoms with Crippen molar-refractivity contribution in [2.45, 2.75) is 0 Å². The van der Waals surface area contributed by atoms with E-state index < -0.39 is 0 Å². The van der Waals surface area contributed by atoms with Gasteiger partial charge in [0.2, 0.25) is 0 Å². The quantitative estimate of drug-likeness (QED) is 0.440. The van der Waals surface area contributed by atoms with Crippen molar-refractivity contribution in [1.82, 2.24) is 19.4 Å². The highest BCUT2D eigenvalue weighted by atomic mass is 16.5. The Bertz CT molecular complexity index is 1210. The zero-order chi connectivity index (χ0) is 21.2. The normalized spacial score (nSPS) is 12.7. The Morgan fingerprint density at radius 1 is 1.26 bits per heavy atom. The first kappa shape index (κ1) is 19.1. The number of aliphatic hydroxyl groups is 1. The van der Waals surface area contributed by atoms with E-state index in [0.717, 1.165) is 46.4 Å². The lowest BCUT2D eigenvalue weighted by molar-refractivity contribution is 0.304. The van der Waals surface area contributed by atoms with Gasteiger partial charge >= 0.3 is 0 Å². The van der Waals surface area contributed by atoms with E-state index >= 15 is 0 Å². The summed E-state index contributed by atoms with van der Waals surface area (Å²) >= 11 is 0. The summed E-state index contributed by atoms with van der Waals surface area (Å²) in [6, 6.07) is 9.88. The summed E-state index contributed by atoms with van der Waals surface area (Å²) < 4.78 is 7.72. The molecule has 0 fully saturated rings. The van der Waals surface area contributed by atoms with Crippen molar-refractivity contribution in [2.75, 3.05) is 48.9 Å². The molecule has 9 nitrogen and oxygen atoms in total. The van der Waals surface area contributed by atoms with Gasteiger partial charge in [0.25, 0.3) is 0 Å². The van der Waals surface area contributed by atoms with Gasteiger partial charge < -0.3 is 29.8 Å². The topological polar surface area (TPSA) is 99.8 Å². The van der Waals surface area contributed by atoms with Crippen molar-refractivity contribution < 1.29 is 9.84 Å². The van der Waals surface area contributed by atoms with E-state index in [1.54, 1.807) is 12.4 Å². The number of aliphatic hydroxyl groups excluding tert-OH is 1. The lowest BCUT2D eigenvalue weighted by Gasteiger charge is -2.19. The number of aromatic nitrogens is 4. The predicted molar refractivity (Wildman–Crippen MR) is 120 cm³/mol. The van der Waals surface area contributed by atoms with Crippen LogP contribution in [0, 0.1) is 0 Å². The molecule has 1 aliphatic rings. The number of pyridine rings is 1. The number of fused-ring (bicyclic) bond motifs is 2. The van der Waals surface area contributed by atoms with Crippen molar-refractivity contribution in [2.24, 2.45) is 0 Å². The molecule has 0 unspecified atom stereocenters. The molecule has 0 amide bonds. The highest BCUT2D eigenvalue weighted by Crippen LogP contribution is 2.33. The fourth-order valence-corrected chi connectivity index (χ4v) is 3.54. The second-order valence-electron chi connectivity index (χ2n) is 7.29. The smallest absolute Gasteiger partial charge is 0.180 e. The standard InChI is InChI=1S/C22H23N7O2/c1-28(9-10-30)20-5-3-16(13-25-20)26-21-22-24-6-8-29(22)14-18(27-21)15-2-4-17-19(12-15)31-11-7-23-17/h2-6,8,12-14,23,30H,7,9-11H2,1H3,(H,26,27). The summed E-state index contributed by atoms with van der Waals surface area (Å²) in [6.45, 7) is 2.06. The van der Waals surface area contributed by atoms with Gasteiger partial charge in [-0.3, -0.25) is 0 Å². The lowest BCUT2D eigenvalue weighted by Crippen LogP contribution is -2.22. The van der Waals surface area contributed by atoms with Gasteiger partial charge in [-0.15, -0.1) is 0 Å². The number of nitrogens with one attached hydrogen (secondary N) is 2. The van der Waals surface area contributed by atoms with Gasteiger partial charge in [-0.1, -0.05) is 6.07 Å². The van der Waals surface area contributed by atoms with Crippen LogP contribution in [-0.2, 0) is 0 Å². The fourth-order valence-electron chi connectivity index (χ4n) is 3.54. The molecule has 31 heavy (non-hydrogen) atoms. The summed E-state index contributed by atoms with van der Waals surface area (Å²) in [5.41, 5.74) is 4.28. The molecular formula is C22H23N7O2. The average Bonchev–Trinajstić information content (AvgIpc) is 3.28. The number of hydrogen-bond acceptors (Lipinski definition) is 8. The Balaban J connectivity index is 1.47. The van der Waals surface area contributed by atoms with Gasteiger partial charge in [0.15, 0.2) is 11.5 Å². The average molecular weight is 417 g/mol. The molecule has 0 atom stereocenters. The lowest BCUT2D eigenvalue weighted by atomic mass is 10.1. The number of rotatable bonds is 6. The molecule has 5 rings (SSSR count).